The van der Waals surface area contributed by atoms with Gasteiger partial charge in [0.1, 0.15) is 23.1 Å². The number of nitrogens with two attached hydrogens (primary N) is 1. The highest BCUT2D eigenvalue weighted by atomic mass is 32.2. The number of pyridine rings is 1. The number of nitrogens with zero attached hydrogens (tertiary/aromatic N) is 4. The molecule has 0 unspecified atom stereocenters. The van der Waals surface area contributed by atoms with Gasteiger partial charge in [0.05, 0.1) is 6.26 Å². The molecule has 0 spiro atoms. The van der Waals surface area contributed by atoms with Crippen molar-refractivity contribution in [1.82, 2.24) is 15.0 Å². The summed E-state index contributed by atoms with van der Waals surface area (Å²) in [5.74, 6) is 1.31. The van der Waals surface area contributed by atoms with Gasteiger partial charge in [0, 0.05) is 18.1 Å². The van der Waals surface area contributed by atoms with Gasteiger partial charge in [-0.3, -0.25) is 4.98 Å². The molecular weight excluding hydrogens is 298 g/mol. The zero-order valence-electron chi connectivity index (χ0n) is 11.4. The summed E-state index contributed by atoms with van der Waals surface area (Å²) < 4.78 is 5.32. The maximum atomic E-state index is 9.23. The van der Waals surface area contributed by atoms with Crippen LogP contribution in [0.3, 0.4) is 0 Å². The van der Waals surface area contributed by atoms with Crippen molar-refractivity contribution in [2.24, 2.45) is 0 Å². The average Bonchev–Trinajstić information content (AvgIpc) is 3.07. The smallest absolute Gasteiger partial charge is 0.190 e. The van der Waals surface area contributed by atoms with E-state index in [0.717, 1.165) is 5.56 Å². The third kappa shape index (κ3) is 2.92. The van der Waals surface area contributed by atoms with E-state index in [9.17, 15) is 5.26 Å². The average molecular weight is 309 g/mol. The molecule has 6 nitrogen and oxygen atoms in total. The van der Waals surface area contributed by atoms with Crippen molar-refractivity contribution in [3.05, 3.63) is 54.0 Å². The molecule has 0 saturated heterocycles. The van der Waals surface area contributed by atoms with Crippen LogP contribution in [-0.2, 0) is 5.75 Å². The van der Waals surface area contributed by atoms with Crippen LogP contribution < -0.4 is 5.73 Å². The molecule has 0 amide bonds. The van der Waals surface area contributed by atoms with Crippen LogP contribution in [0.4, 0.5) is 5.82 Å². The van der Waals surface area contributed by atoms with E-state index in [4.69, 9.17) is 10.2 Å². The van der Waals surface area contributed by atoms with Gasteiger partial charge in [-0.15, -0.1) is 0 Å². The number of nitrogen functional groups attached to an aromatic ring is 1. The lowest BCUT2D eigenvalue weighted by molar-refractivity contribution is 0.578. The molecule has 3 heterocycles. The maximum absolute atomic E-state index is 9.23. The number of nitriles is 1. The summed E-state index contributed by atoms with van der Waals surface area (Å²) >= 11 is 1.43. The molecule has 3 aromatic rings. The molecule has 0 fully saturated rings. The van der Waals surface area contributed by atoms with Gasteiger partial charge in [-0.25, -0.2) is 9.97 Å². The molecule has 0 aliphatic heterocycles. The van der Waals surface area contributed by atoms with Crippen molar-refractivity contribution in [3.8, 4) is 17.5 Å². The third-order valence-electron chi connectivity index (χ3n) is 2.87. The minimum atomic E-state index is 0.151. The van der Waals surface area contributed by atoms with Crippen molar-refractivity contribution >= 4 is 17.6 Å². The second-order valence-corrected chi connectivity index (χ2v) is 5.30. The molecule has 7 heteroatoms. The molecule has 0 radical (unpaired) electrons. The van der Waals surface area contributed by atoms with Gasteiger partial charge in [0.25, 0.3) is 0 Å². The number of furan rings is 1. The van der Waals surface area contributed by atoms with Crippen LogP contribution in [0.1, 0.15) is 11.1 Å². The van der Waals surface area contributed by atoms with Crippen LogP contribution in [-0.4, -0.2) is 15.0 Å². The van der Waals surface area contributed by atoms with Crippen molar-refractivity contribution in [1.29, 1.82) is 5.26 Å². The number of anilines is 1. The van der Waals surface area contributed by atoms with Crippen molar-refractivity contribution < 1.29 is 4.42 Å². The summed E-state index contributed by atoms with van der Waals surface area (Å²) in [5, 5.41) is 9.72. The second kappa shape index (κ2) is 6.28. The molecule has 0 aliphatic carbocycles. The molecular formula is C15H11N5OS. The highest BCUT2D eigenvalue weighted by Crippen LogP contribution is 2.28. The van der Waals surface area contributed by atoms with Gasteiger partial charge in [0.2, 0.25) is 0 Å². The monoisotopic (exact) mass is 309 g/mol. The van der Waals surface area contributed by atoms with Gasteiger partial charge in [-0.1, -0.05) is 17.8 Å². The SMILES string of the molecule is N#Cc1c(N)nc(SCc2cccnc2)nc1-c1ccco1. The molecule has 0 atom stereocenters. The van der Waals surface area contributed by atoms with Crippen LogP contribution in [0.5, 0.6) is 0 Å². The standard InChI is InChI=1S/C15H11N5OS/c16-7-11-13(12-4-2-6-21-12)19-15(20-14(11)17)22-9-10-3-1-5-18-8-10/h1-6,8H,9H2,(H2,17,19,20). The van der Waals surface area contributed by atoms with Gasteiger partial charge < -0.3 is 10.2 Å². The van der Waals surface area contributed by atoms with E-state index < -0.39 is 0 Å². The lowest BCUT2D eigenvalue weighted by Crippen LogP contribution is -2.02. The Kier molecular flexibility index (Phi) is 4.03. The predicted octanol–water partition coefficient (Wildman–Crippen LogP) is 2.88. The van der Waals surface area contributed by atoms with Crippen molar-refractivity contribution in [3.63, 3.8) is 0 Å². The fourth-order valence-electron chi connectivity index (χ4n) is 1.85. The van der Waals surface area contributed by atoms with E-state index in [1.54, 1.807) is 24.5 Å². The molecule has 0 aromatic carbocycles. The fourth-order valence-corrected chi connectivity index (χ4v) is 2.64. The Labute approximate surface area is 131 Å². The summed E-state index contributed by atoms with van der Waals surface area (Å²) in [5.41, 5.74) is 7.55. The van der Waals surface area contributed by atoms with Crippen molar-refractivity contribution in [2.45, 2.75) is 10.9 Å². The molecule has 0 saturated carbocycles. The first-order valence-electron chi connectivity index (χ1n) is 6.41. The molecule has 3 aromatic heterocycles. The highest BCUT2D eigenvalue weighted by Gasteiger charge is 2.16. The summed E-state index contributed by atoms with van der Waals surface area (Å²) in [7, 11) is 0. The first-order chi connectivity index (χ1) is 10.8. The zero-order valence-corrected chi connectivity index (χ0v) is 12.2. The number of hydrogen-bond acceptors (Lipinski definition) is 7. The van der Waals surface area contributed by atoms with Crippen LogP contribution in [0.25, 0.3) is 11.5 Å². The van der Waals surface area contributed by atoms with E-state index in [0.29, 0.717) is 22.4 Å². The van der Waals surface area contributed by atoms with E-state index in [1.807, 2.05) is 18.2 Å². The molecule has 0 aliphatic rings. The Bertz CT molecular complexity index is 812. The Morgan fingerprint density at radius 2 is 2.18 bits per heavy atom. The van der Waals surface area contributed by atoms with E-state index in [2.05, 4.69) is 15.0 Å². The normalized spacial score (nSPS) is 10.3. The molecule has 3 rings (SSSR count). The van der Waals surface area contributed by atoms with Crippen LogP contribution >= 0.6 is 11.8 Å². The Morgan fingerprint density at radius 1 is 1.27 bits per heavy atom. The minimum Gasteiger partial charge on any atom is -0.463 e. The highest BCUT2D eigenvalue weighted by molar-refractivity contribution is 7.98. The second-order valence-electron chi connectivity index (χ2n) is 4.35. The Morgan fingerprint density at radius 3 is 2.86 bits per heavy atom. The summed E-state index contributed by atoms with van der Waals surface area (Å²) in [4.78, 5) is 12.6. The molecule has 0 bridgehead atoms. The van der Waals surface area contributed by atoms with E-state index in [1.165, 1.54) is 18.0 Å². The molecule has 22 heavy (non-hydrogen) atoms. The van der Waals surface area contributed by atoms with E-state index in [-0.39, 0.29) is 11.4 Å². The lowest BCUT2D eigenvalue weighted by Gasteiger charge is -2.06. The van der Waals surface area contributed by atoms with Crippen LogP contribution in [0.15, 0.2) is 52.5 Å². The largest absolute Gasteiger partial charge is 0.463 e. The minimum absolute atomic E-state index is 0.151. The fraction of sp³-hybridized carbons (Fsp3) is 0.0667. The Hall–Kier alpha value is -2.85. The van der Waals surface area contributed by atoms with Gasteiger partial charge in [0.15, 0.2) is 10.9 Å². The lowest BCUT2D eigenvalue weighted by atomic mass is 10.2. The van der Waals surface area contributed by atoms with Crippen LogP contribution in [0, 0.1) is 11.3 Å². The summed E-state index contributed by atoms with van der Waals surface area (Å²) in [6.45, 7) is 0. The third-order valence-corrected chi connectivity index (χ3v) is 3.79. The summed E-state index contributed by atoms with van der Waals surface area (Å²) in [6.07, 6.45) is 5.03. The Balaban J connectivity index is 1.91. The van der Waals surface area contributed by atoms with Crippen molar-refractivity contribution in [2.75, 3.05) is 5.73 Å². The quantitative estimate of drug-likeness (QED) is 0.584. The molecule has 2 N–H and O–H groups in total. The topological polar surface area (TPSA) is 102 Å². The number of thioether (sulfide) groups is 1. The number of aromatic nitrogens is 3. The zero-order chi connectivity index (χ0) is 15.4. The van der Waals surface area contributed by atoms with Gasteiger partial charge >= 0.3 is 0 Å². The first-order valence-corrected chi connectivity index (χ1v) is 7.39. The first kappa shape index (κ1) is 14.1. The molecule has 108 valence electrons. The number of hydrogen-bond donors (Lipinski definition) is 1. The van der Waals surface area contributed by atoms with E-state index >= 15 is 0 Å². The van der Waals surface area contributed by atoms with Gasteiger partial charge in [-0.2, -0.15) is 5.26 Å². The van der Waals surface area contributed by atoms with Gasteiger partial charge in [-0.05, 0) is 23.8 Å². The maximum Gasteiger partial charge on any atom is 0.190 e. The predicted molar refractivity (Wildman–Crippen MR) is 82.7 cm³/mol. The summed E-state index contributed by atoms with van der Waals surface area (Å²) in [6, 6.07) is 9.34. The number of rotatable bonds is 4. The van der Waals surface area contributed by atoms with Crippen LogP contribution in [0.2, 0.25) is 0 Å².